The summed E-state index contributed by atoms with van der Waals surface area (Å²) in [5, 5.41) is 2.46. The van der Waals surface area contributed by atoms with E-state index in [-0.39, 0.29) is 0 Å². The van der Waals surface area contributed by atoms with E-state index in [1.165, 1.54) is 49.7 Å². The molecule has 2 aromatic heterocycles. The molecule has 4 nitrogen and oxygen atoms in total. The molecular formula is C58H46N4. The van der Waals surface area contributed by atoms with Crippen LogP contribution in [-0.2, 0) is 0 Å². The molecule has 4 heteroatoms. The van der Waals surface area contributed by atoms with Crippen molar-refractivity contribution in [2.45, 2.75) is 26.7 Å². The average molecular weight is 799 g/mol. The number of allylic oxidation sites excluding steroid dienone is 5. The first-order valence-electron chi connectivity index (χ1n) is 21.4. The molecule has 62 heavy (non-hydrogen) atoms. The lowest BCUT2D eigenvalue weighted by Crippen LogP contribution is -2.14. The molecule has 0 N–H and O–H groups in total. The van der Waals surface area contributed by atoms with Crippen LogP contribution in [-0.4, -0.2) is 15.8 Å². The predicted octanol–water partition coefficient (Wildman–Crippen LogP) is 15.7. The molecule has 0 bridgehead atoms. The highest BCUT2D eigenvalue weighted by molar-refractivity contribution is 6.20. The Hall–Kier alpha value is -7.82. The van der Waals surface area contributed by atoms with Crippen molar-refractivity contribution in [1.82, 2.24) is 9.55 Å². The molecule has 10 rings (SSSR count). The molecule has 0 amide bonds. The van der Waals surface area contributed by atoms with Crippen molar-refractivity contribution in [2.24, 2.45) is 4.99 Å². The third kappa shape index (κ3) is 7.48. The fourth-order valence-electron chi connectivity index (χ4n) is 8.78. The number of aliphatic imine (C=N–C) groups is 1. The number of nitrogens with zero attached hydrogens (tertiary/aromatic N) is 4. The SMILES string of the molecule is C/C(=C\C=C(/C)n1c2ccc(-c3ccccc3)cc2c2c(-c3ccccc3)ccc(-c3ccccc3)c21)N(c1ccc(C2=CCCC=N2)cc1)c1ccc(-c2ccccn2)cc1. The van der Waals surface area contributed by atoms with Crippen molar-refractivity contribution < 1.29 is 0 Å². The maximum atomic E-state index is 4.69. The summed E-state index contributed by atoms with van der Waals surface area (Å²) in [5.41, 5.74) is 18.1. The molecule has 0 saturated carbocycles. The summed E-state index contributed by atoms with van der Waals surface area (Å²) in [4.78, 5) is 11.6. The Morgan fingerprint density at radius 1 is 0.532 bits per heavy atom. The van der Waals surface area contributed by atoms with E-state index < -0.39 is 0 Å². The van der Waals surface area contributed by atoms with Gasteiger partial charge in [-0.3, -0.25) is 9.98 Å². The number of rotatable bonds is 10. The van der Waals surface area contributed by atoms with Crippen LogP contribution in [0.4, 0.5) is 11.4 Å². The van der Waals surface area contributed by atoms with E-state index in [4.69, 9.17) is 0 Å². The molecule has 0 unspecified atom stereocenters. The number of anilines is 2. The van der Waals surface area contributed by atoms with Gasteiger partial charge in [0.2, 0.25) is 0 Å². The van der Waals surface area contributed by atoms with Gasteiger partial charge in [-0.25, -0.2) is 0 Å². The quantitative estimate of drug-likeness (QED) is 0.129. The van der Waals surface area contributed by atoms with Crippen LogP contribution in [0.5, 0.6) is 0 Å². The second-order valence-electron chi connectivity index (χ2n) is 15.8. The summed E-state index contributed by atoms with van der Waals surface area (Å²) < 4.78 is 2.47. The van der Waals surface area contributed by atoms with Crippen LogP contribution < -0.4 is 4.90 Å². The van der Waals surface area contributed by atoms with E-state index in [0.717, 1.165) is 63.6 Å². The van der Waals surface area contributed by atoms with Gasteiger partial charge in [0.05, 0.1) is 22.4 Å². The van der Waals surface area contributed by atoms with Crippen LogP contribution in [0.25, 0.3) is 77.8 Å². The van der Waals surface area contributed by atoms with Crippen molar-refractivity contribution in [1.29, 1.82) is 0 Å². The zero-order chi connectivity index (χ0) is 41.8. The van der Waals surface area contributed by atoms with Crippen LogP contribution >= 0.6 is 0 Å². The van der Waals surface area contributed by atoms with E-state index in [1.54, 1.807) is 0 Å². The third-order valence-electron chi connectivity index (χ3n) is 11.8. The molecule has 298 valence electrons. The Kier molecular flexibility index (Phi) is 10.6. The summed E-state index contributed by atoms with van der Waals surface area (Å²) in [7, 11) is 0. The molecular weight excluding hydrogens is 753 g/mol. The smallest absolute Gasteiger partial charge is 0.0701 e. The van der Waals surface area contributed by atoms with Gasteiger partial charge < -0.3 is 9.47 Å². The number of aromatic nitrogens is 2. The lowest BCUT2D eigenvalue weighted by molar-refractivity contribution is 1.09. The third-order valence-corrected chi connectivity index (χ3v) is 11.8. The minimum Gasteiger partial charge on any atom is -0.315 e. The van der Waals surface area contributed by atoms with Gasteiger partial charge in [-0.2, -0.15) is 0 Å². The first kappa shape index (κ1) is 38.4. The largest absolute Gasteiger partial charge is 0.315 e. The maximum Gasteiger partial charge on any atom is 0.0701 e. The second-order valence-corrected chi connectivity index (χ2v) is 15.8. The summed E-state index contributed by atoms with van der Waals surface area (Å²) in [6.07, 6.45) is 12.6. The van der Waals surface area contributed by atoms with Crippen LogP contribution in [0.1, 0.15) is 32.3 Å². The molecule has 0 radical (unpaired) electrons. The molecule has 7 aromatic carbocycles. The number of benzene rings is 7. The molecule has 0 spiro atoms. The van der Waals surface area contributed by atoms with Crippen molar-refractivity contribution in [3.8, 4) is 44.6 Å². The highest BCUT2D eigenvalue weighted by Crippen LogP contribution is 2.44. The number of fused-ring (bicyclic) bond motifs is 3. The molecule has 1 aliphatic rings. The van der Waals surface area contributed by atoms with Gasteiger partial charge in [0.1, 0.15) is 0 Å². The van der Waals surface area contributed by atoms with Crippen molar-refractivity contribution >= 4 is 50.8 Å². The first-order chi connectivity index (χ1) is 30.6. The van der Waals surface area contributed by atoms with E-state index in [2.05, 4.69) is 227 Å². The minimum absolute atomic E-state index is 0.953. The fraction of sp³-hybridized carbons (Fsp3) is 0.0690. The van der Waals surface area contributed by atoms with E-state index in [9.17, 15) is 0 Å². The number of pyridine rings is 1. The summed E-state index contributed by atoms with van der Waals surface area (Å²) in [6, 6.07) is 67.3. The van der Waals surface area contributed by atoms with Crippen LogP contribution in [0.3, 0.4) is 0 Å². The Balaban J connectivity index is 1.15. The highest BCUT2D eigenvalue weighted by atomic mass is 15.1. The van der Waals surface area contributed by atoms with E-state index in [0.29, 0.717) is 0 Å². The van der Waals surface area contributed by atoms with Gasteiger partial charge in [-0.1, -0.05) is 146 Å². The zero-order valence-corrected chi connectivity index (χ0v) is 35.0. The second kappa shape index (κ2) is 17.0. The summed E-state index contributed by atoms with van der Waals surface area (Å²) in [5.74, 6) is 0. The Bertz CT molecular complexity index is 3140. The Morgan fingerprint density at radius 2 is 1.13 bits per heavy atom. The van der Waals surface area contributed by atoms with Gasteiger partial charge >= 0.3 is 0 Å². The predicted molar refractivity (Wildman–Crippen MR) is 263 cm³/mol. The maximum absolute atomic E-state index is 4.69. The van der Waals surface area contributed by atoms with Crippen molar-refractivity contribution in [2.75, 3.05) is 4.90 Å². The molecule has 1 aliphatic heterocycles. The molecule has 3 heterocycles. The normalized spacial score (nSPS) is 13.1. The van der Waals surface area contributed by atoms with E-state index >= 15 is 0 Å². The average Bonchev–Trinajstić information content (AvgIpc) is 3.70. The minimum atomic E-state index is 0.953. The van der Waals surface area contributed by atoms with Crippen molar-refractivity contribution in [3.63, 3.8) is 0 Å². The Morgan fingerprint density at radius 3 is 1.76 bits per heavy atom. The van der Waals surface area contributed by atoms with Gasteiger partial charge in [-0.05, 0) is 121 Å². The van der Waals surface area contributed by atoms with Crippen LogP contribution in [0, 0.1) is 0 Å². The van der Waals surface area contributed by atoms with Gasteiger partial charge in [0.25, 0.3) is 0 Å². The summed E-state index contributed by atoms with van der Waals surface area (Å²) in [6.45, 7) is 4.43. The molecule has 9 aromatic rings. The zero-order valence-electron chi connectivity index (χ0n) is 35.0. The van der Waals surface area contributed by atoms with Gasteiger partial charge in [-0.15, -0.1) is 0 Å². The molecule has 0 aliphatic carbocycles. The fourth-order valence-corrected chi connectivity index (χ4v) is 8.78. The lowest BCUT2D eigenvalue weighted by Gasteiger charge is -2.26. The number of hydrogen-bond donors (Lipinski definition) is 0. The van der Waals surface area contributed by atoms with Gasteiger partial charge in [0.15, 0.2) is 0 Å². The topological polar surface area (TPSA) is 33.4 Å². The van der Waals surface area contributed by atoms with Crippen LogP contribution in [0.2, 0.25) is 0 Å². The number of hydrogen-bond acceptors (Lipinski definition) is 3. The van der Waals surface area contributed by atoms with Gasteiger partial charge in [0, 0.05) is 57.1 Å². The Labute approximate surface area is 363 Å². The molecule has 0 atom stereocenters. The highest BCUT2D eigenvalue weighted by Gasteiger charge is 2.21. The van der Waals surface area contributed by atoms with E-state index in [1.807, 2.05) is 24.5 Å². The standard InChI is InChI=1S/C58H46N4/c1-41(61(49-31-26-46(27-32-49)54-22-12-14-38-59-54)50-33-28-47(29-34-50)55-23-13-15-39-60-55)24-25-42(2)62-56-37-30-48(43-16-6-3-7-17-43)40-53(56)57-51(44-18-8-4-9-19-44)35-36-52(58(57)62)45-20-10-5-11-21-45/h3-12,14,16-40H,13,15H2,1-2H3/b41-24+,42-25+. The monoisotopic (exact) mass is 798 g/mol. The molecule has 0 saturated heterocycles. The van der Waals surface area contributed by atoms with Crippen molar-refractivity contribution in [3.05, 3.63) is 224 Å². The first-order valence-corrected chi connectivity index (χ1v) is 21.4. The molecule has 0 fully saturated rings. The van der Waals surface area contributed by atoms with Crippen LogP contribution in [0.15, 0.2) is 223 Å². The summed E-state index contributed by atoms with van der Waals surface area (Å²) >= 11 is 0. The lowest BCUT2D eigenvalue weighted by atomic mass is 9.93.